The van der Waals surface area contributed by atoms with Gasteiger partial charge in [-0.25, -0.2) is 0 Å². The molecule has 9 nitrogen and oxygen atoms in total. The summed E-state index contributed by atoms with van der Waals surface area (Å²) in [5, 5.41) is 14.9. The molecule has 0 radical (unpaired) electrons. The second kappa shape index (κ2) is 8.17. The third kappa shape index (κ3) is 4.32. The third-order valence-corrected chi connectivity index (χ3v) is 3.75. The number of benzene rings is 2. The van der Waals surface area contributed by atoms with E-state index >= 15 is 0 Å². The van der Waals surface area contributed by atoms with E-state index < -0.39 is 0 Å². The third-order valence-electron chi connectivity index (χ3n) is 3.75. The normalized spacial score (nSPS) is 10.3. The Labute approximate surface area is 155 Å². The van der Waals surface area contributed by atoms with Crippen LogP contribution in [0, 0.1) is 0 Å². The molecule has 0 aliphatic heterocycles. The molecule has 0 saturated heterocycles. The maximum absolute atomic E-state index is 12.3. The van der Waals surface area contributed by atoms with Gasteiger partial charge >= 0.3 is 0 Å². The maximum atomic E-state index is 12.3. The highest BCUT2D eigenvalue weighted by molar-refractivity contribution is 5.92. The van der Waals surface area contributed by atoms with Crippen LogP contribution in [0.3, 0.4) is 0 Å². The average molecular weight is 369 g/mol. The molecule has 1 N–H and O–H groups in total. The molecular weight excluding hydrogens is 350 g/mol. The fraction of sp³-hybridized carbons (Fsp3) is 0.222. The molecule has 0 aliphatic rings. The number of aromatic nitrogens is 4. The highest BCUT2D eigenvalue weighted by Gasteiger charge is 2.13. The van der Waals surface area contributed by atoms with Crippen molar-refractivity contribution in [2.75, 3.05) is 26.6 Å². The minimum atomic E-state index is -0.323. The lowest BCUT2D eigenvalue weighted by Gasteiger charge is -2.11. The van der Waals surface area contributed by atoms with Crippen molar-refractivity contribution in [2.45, 2.75) is 6.54 Å². The predicted molar refractivity (Wildman–Crippen MR) is 98.0 cm³/mol. The Balaban J connectivity index is 1.71. The lowest BCUT2D eigenvalue weighted by atomic mass is 10.2. The predicted octanol–water partition coefficient (Wildman–Crippen LogP) is 2.00. The molecule has 0 unspecified atom stereocenters. The number of ether oxygens (including phenoxy) is 3. The molecule has 0 aliphatic carbocycles. The number of nitrogens with one attached hydrogen (secondary N) is 1. The Morgan fingerprint density at radius 3 is 2.56 bits per heavy atom. The Kier molecular flexibility index (Phi) is 5.50. The van der Waals surface area contributed by atoms with Gasteiger partial charge in [0.2, 0.25) is 11.7 Å². The highest BCUT2D eigenvalue weighted by atomic mass is 16.5. The van der Waals surface area contributed by atoms with Gasteiger partial charge in [-0.3, -0.25) is 4.79 Å². The van der Waals surface area contributed by atoms with Gasteiger partial charge in [-0.15, -0.1) is 10.2 Å². The van der Waals surface area contributed by atoms with E-state index in [1.807, 2.05) is 18.2 Å². The number of hydrogen-bond donors (Lipinski definition) is 1. The van der Waals surface area contributed by atoms with E-state index in [1.54, 1.807) is 38.5 Å². The molecule has 9 heteroatoms. The molecule has 0 saturated carbocycles. The van der Waals surface area contributed by atoms with Crippen LogP contribution in [0.4, 0.5) is 5.69 Å². The Morgan fingerprint density at radius 1 is 1.04 bits per heavy atom. The van der Waals surface area contributed by atoms with Crippen molar-refractivity contribution in [3.8, 4) is 28.6 Å². The van der Waals surface area contributed by atoms with Crippen molar-refractivity contribution in [1.29, 1.82) is 0 Å². The molecule has 0 fully saturated rings. The number of anilines is 1. The Morgan fingerprint density at radius 2 is 1.81 bits per heavy atom. The van der Waals surface area contributed by atoms with E-state index in [1.165, 1.54) is 11.9 Å². The van der Waals surface area contributed by atoms with Gasteiger partial charge in [0, 0.05) is 11.6 Å². The van der Waals surface area contributed by atoms with Crippen molar-refractivity contribution in [3.05, 3.63) is 42.5 Å². The minimum absolute atomic E-state index is 0.0999. The van der Waals surface area contributed by atoms with Crippen molar-refractivity contribution >= 4 is 11.6 Å². The van der Waals surface area contributed by atoms with E-state index in [9.17, 15) is 4.79 Å². The molecule has 0 bridgehead atoms. The second-order valence-electron chi connectivity index (χ2n) is 5.49. The Bertz CT molecular complexity index is 941. The fourth-order valence-corrected chi connectivity index (χ4v) is 2.42. The molecule has 1 aromatic heterocycles. The first-order valence-electron chi connectivity index (χ1n) is 8.07. The van der Waals surface area contributed by atoms with Crippen LogP contribution >= 0.6 is 0 Å². The van der Waals surface area contributed by atoms with Gasteiger partial charge in [0.25, 0.3) is 0 Å². The molecule has 3 rings (SSSR count). The number of nitrogens with zero attached hydrogens (tertiary/aromatic N) is 4. The van der Waals surface area contributed by atoms with Gasteiger partial charge in [-0.1, -0.05) is 12.1 Å². The minimum Gasteiger partial charge on any atom is -0.497 e. The summed E-state index contributed by atoms with van der Waals surface area (Å²) in [6.45, 7) is -0.0999. The lowest BCUT2D eigenvalue weighted by Crippen LogP contribution is -2.20. The van der Waals surface area contributed by atoms with E-state index in [0.717, 1.165) is 5.56 Å². The SMILES string of the molecule is COc1cccc(-c2nnn(CC(=O)Nc3cc(OC)ccc3OC)n2)c1. The van der Waals surface area contributed by atoms with Crippen LogP contribution < -0.4 is 19.5 Å². The topological polar surface area (TPSA) is 100 Å². The highest BCUT2D eigenvalue weighted by Crippen LogP contribution is 2.28. The standard InChI is InChI=1S/C18H19N5O4/c1-25-13-6-4-5-12(9-13)18-20-22-23(21-18)11-17(24)19-15-10-14(26-2)7-8-16(15)27-3/h4-10H,11H2,1-3H3,(H,19,24). The zero-order valence-electron chi connectivity index (χ0n) is 15.2. The Hall–Kier alpha value is -3.62. The molecular formula is C18H19N5O4. The van der Waals surface area contributed by atoms with Crippen LogP contribution in [0.25, 0.3) is 11.4 Å². The van der Waals surface area contributed by atoms with E-state index in [4.69, 9.17) is 14.2 Å². The molecule has 3 aromatic rings. The number of hydrogen-bond acceptors (Lipinski definition) is 7. The number of rotatable bonds is 7. The molecule has 0 atom stereocenters. The summed E-state index contributed by atoms with van der Waals surface area (Å²) in [6.07, 6.45) is 0. The largest absolute Gasteiger partial charge is 0.497 e. The first kappa shape index (κ1) is 18.2. The van der Waals surface area contributed by atoms with Gasteiger partial charge in [0.1, 0.15) is 23.8 Å². The van der Waals surface area contributed by atoms with Gasteiger partial charge < -0.3 is 19.5 Å². The van der Waals surface area contributed by atoms with Crippen LogP contribution in [-0.2, 0) is 11.3 Å². The van der Waals surface area contributed by atoms with Gasteiger partial charge in [0.15, 0.2) is 0 Å². The number of amides is 1. The van der Waals surface area contributed by atoms with Crippen LogP contribution in [0.15, 0.2) is 42.5 Å². The zero-order chi connectivity index (χ0) is 19.2. The summed E-state index contributed by atoms with van der Waals surface area (Å²) in [5.41, 5.74) is 1.24. The summed E-state index contributed by atoms with van der Waals surface area (Å²) in [7, 11) is 4.66. The van der Waals surface area contributed by atoms with Crippen molar-refractivity contribution < 1.29 is 19.0 Å². The van der Waals surface area contributed by atoms with Gasteiger partial charge in [-0.05, 0) is 29.5 Å². The average Bonchev–Trinajstić information content (AvgIpc) is 3.16. The zero-order valence-corrected chi connectivity index (χ0v) is 15.2. The molecule has 2 aromatic carbocycles. The number of carbonyl (C=O) groups excluding carboxylic acids is 1. The van der Waals surface area contributed by atoms with E-state index in [2.05, 4.69) is 20.7 Å². The summed E-state index contributed by atoms with van der Waals surface area (Å²) in [6, 6.07) is 12.4. The summed E-state index contributed by atoms with van der Waals surface area (Å²) < 4.78 is 15.6. The number of carbonyl (C=O) groups is 1. The van der Waals surface area contributed by atoms with Crippen molar-refractivity contribution in [1.82, 2.24) is 20.2 Å². The van der Waals surface area contributed by atoms with Crippen molar-refractivity contribution in [2.24, 2.45) is 0 Å². The molecule has 1 amide bonds. The quantitative estimate of drug-likeness (QED) is 0.680. The van der Waals surface area contributed by atoms with Crippen LogP contribution in [-0.4, -0.2) is 47.4 Å². The molecule has 1 heterocycles. The van der Waals surface area contributed by atoms with E-state index in [0.29, 0.717) is 28.8 Å². The first-order chi connectivity index (χ1) is 13.1. The smallest absolute Gasteiger partial charge is 0.248 e. The molecule has 0 spiro atoms. The maximum Gasteiger partial charge on any atom is 0.248 e. The van der Waals surface area contributed by atoms with Crippen LogP contribution in [0.5, 0.6) is 17.2 Å². The lowest BCUT2D eigenvalue weighted by molar-refractivity contribution is -0.117. The van der Waals surface area contributed by atoms with Crippen molar-refractivity contribution in [3.63, 3.8) is 0 Å². The van der Waals surface area contributed by atoms with Gasteiger partial charge in [-0.2, -0.15) is 4.80 Å². The summed E-state index contributed by atoms with van der Waals surface area (Å²) in [4.78, 5) is 13.6. The van der Waals surface area contributed by atoms with Crippen LogP contribution in [0.1, 0.15) is 0 Å². The van der Waals surface area contributed by atoms with E-state index in [-0.39, 0.29) is 12.5 Å². The number of methoxy groups -OCH3 is 3. The second-order valence-corrected chi connectivity index (χ2v) is 5.49. The fourth-order valence-electron chi connectivity index (χ4n) is 2.42. The monoisotopic (exact) mass is 369 g/mol. The molecule has 140 valence electrons. The van der Waals surface area contributed by atoms with Gasteiger partial charge in [0.05, 0.1) is 27.0 Å². The number of tetrazole rings is 1. The summed E-state index contributed by atoms with van der Waals surface area (Å²) >= 11 is 0. The van der Waals surface area contributed by atoms with Crippen LogP contribution in [0.2, 0.25) is 0 Å². The molecule has 27 heavy (non-hydrogen) atoms. The first-order valence-corrected chi connectivity index (χ1v) is 8.07. The summed E-state index contributed by atoms with van der Waals surface area (Å²) in [5.74, 6) is 1.89.